The predicted molar refractivity (Wildman–Crippen MR) is 89.1 cm³/mol. The first kappa shape index (κ1) is 15.9. The number of rotatable bonds is 2. The predicted octanol–water partition coefficient (Wildman–Crippen LogP) is 3.57. The van der Waals surface area contributed by atoms with Gasteiger partial charge in [-0.3, -0.25) is 4.79 Å². The minimum atomic E-state index is -0.723. The van der Waals surface area contributed by atoms with Gasteiger partial charge < -0.3 is 13.9 Å². The molecule has 0 saturated carbocycles. The van der Waals surface area contributed by atoms with E-state index in [1.165, 1.54) is 7.11 Å². The molecule has 5 nitrogen and oxygen atoms in total. The smallest absolute Gasteiger partial charge is 0.338 e. The van der Waals surface area contributed by atoms with Crippen LogP contribution in [0.4, 0.5) is 0 Å². The molecule has 0 amide bonds. The van der Waals surface area contributed by atoms with Crippen molar-refractivity contribution >= 4 is 11.9 Å². The summed E-state index contributed by atoms with van der Waals surface area (Å²) in [5.41, 5.74) is 2.52. The van der Waals surface area contributed by atoms with Gasteiger partial charge >= 0.3 is 11.9 Å². The second-order valence-electron chi connectivity index (χ2n) is 6.89. The molecule has 2 aromatic rings. The Kier molecular flexibility index (Phi) is 3.67. The molecule has 1 aliphatic heterocycles. The average molecular weight is 340 g/mol. The zero-order chi connectivity index (χ0) is 17.6. The van der Waals surface area contributed by atoms with Gasteiger partial charge in [0.25, 0.3) is 0 Å². The van der Waals surface area contributed by atoms with Crippen LogP contribution in [0.3, 0.4) is 0 Å². The van der Waals surface area contributed by atoms with Gasteiger partial charge in [-0.2, -0.15) is 0 Å². The molecule has 5 heteroatoms. The molecular formula is C20H20O5. The highest BCUT2D eigenvalue weighted by molar-refractivity contribution is 5.94. The number of hydrogen-bond acceptors (Lipinski definition) is 5. The molecule has 1 saturated heterocycles. The Hall–Kier alpha value is -2.56. The summed E-state index contributed by atoms with van der Waals surface area (Å²) in [6.07, 6.45) is 5.03. The number of furan rings is 1. The van der Waals surface area contributed by atoms with Crippen molar-refractivity contribution in [3.8, 4) is 0 Å². The molecule has 2 aliphatic rings. The van der Waals surface area contributed by atoms with Crippen molar-refractivity contribution in [3.05, 3.63) is 59.0 Å². The largest absolute Gasteiger partial charge is 0.472 e. The van der Waals surface area contributed by atoms with Crippen LogP contribution < -0.4 is 0 Å². The van der Waals surface area contributed by atoms with E-state index in [4.69, 9.17) is 13.9 Å². The van der Waals surface area contributed by atoms with Crippen molar-refractivity contribution in [2.24, 2.45) is 5.92 Å². The van der Waals surface area contributed by atoms with Gasteiger partial charge in [0, 0.05) is 12.0 Å². The van der Waals surface area contributed by atoms with Gasteiger partial charge in [0.15, 0.2) is 0 Å². The molecule has 0 N–H and O–H groups in total. The normalized spacial score (nSPS) is 27.8. The number of esters is 2. The molecule has 1 spiro atoms. The van der Waals surface area contributed by atoms with E-state index >= 15 is 0 Å². The Morgan fingerprint density at radius 2 is 2.16 bits per heavy atom. The summed E-state index contributed by atoms with van der Waals surface area (Å²) in [4.78, 5) is 25.2. The fourth-order valence-electron chi connectivity index (χ4n) is 4.37. The SMILES string of the molecule is COC(=O)c1cccc2c1CC[C@@H](C)[C@]21C[C@@H](c2ccoc2)OC1=O. The van der Waals surface area contributed by atoms with Gasteiger partial charge in [0.2, 0.25) is 0 Å². The summed E-state index contributed by atoms with van der Waals surface area (Å²) in [7, 11) is 1.38. The summed E-state index contributed by atoms with van der Waals surface area (Å²) in [6.45, 7) is 2.09. The Balaban J connectivity index is 1.83. The highest BCUT2D eigenvalue weighted by Crippen LogP contribution is 2.53. The van der Waals surface area contributed by atoms with Crippen LogP contribution in [0.2, 0.25) is 0 Å². The number of benzene rings is 1. The molecule has 2 heterocycles. The number of fused-ring (bicyclic) bond motifs is 2. The van der Waals surface area contributed by atoms with E-state index in [2.05, 4.69) is 6.92 Å². The lowest BCUT2D eigenvalue weighted by molar-refractivity contribution is -0.147. The second kappa shape index (κ2) is 5.76. The molecule has 130 valence electrons. The summed E-state index contributed by atoms with van der Waals surface area (Å²) < 4.78 is 15.8. The lowest BCUT2D eigenvalue weighted by Crippen LogP contribution is -2.42. The van der Waals surface area contributed by atoms with Gasteiger partial charge in [-0.15, -0.1) is 0 Å². The number of cyclic esters (lactones) is 1. The molecule has 0 bridgehead atoms. The maximum atomic E-state index is 13.0. The fraction of sp³-hybridized carbons (Fsp3) is 0.400. The summed E-state index contributed by atoms with van der Waals surface area (Å²) in [5.74, 6) is -0.439. The first-order valence-corrected chi connectivity index (χ1v) is 8.51. The molecule has 1 aromatic carbocycles. The zero-order valence-corrected chi connectivity index (χ0v) is 14.3. The van der Waals surface area contributed by atoms with Crippen molar-refractivity contribution in [1.82, 2.24) is 0 Å². The van der Waals surface area contributed by atoms with Gasteiger partial charge in [0.05, 0.1) is 30.6 Å². The van der Waals surface area contributed by atoms with Gasteiger partial charge in [-0.05, 0) is 42.0 Å². The highest BCUT2D eigenvalue weighted by atomic mass is 16.6. The average Bonchev–Trinajstić information content (AvgIpc) is 3.26. The van der Waals surface area contributed by atoms with Crippen LogP contribution in [0, 0.1) is 5.92 Å². The van der Waals surface area contributed by atoms with Crippen LogP contribution in [0.5, 0.6) is 0 Å². The molecule has 25 heavy (non-hydrogen) atoms. The number of carbonyl (C=O) groups is 2. The second-order valence-corrected chi connectivity index (χ2v) is 6.89. The lowest BCUT2D eigenvalue weighted by atomic mass is 9.61. The maximum Gasteiger partial charge on any atom is 0.338 e. The summed E-state index contributed by atoms with van der Waals surface area (Å²) in [6, 6.07) is 7.37. The minimum Gasteiger partial charge on any atom is -0.472 e. The maximum absolute atomic E-state index is 13.0. The third kappa shape index (κ3) is 2.22. The molecular weight excluding hydrogens is 320 g/mol. The first-order valence-electron chi connectivity index (χ1n) is 8.51. The van der Waals surface area contributed by atoms with E-state index in [-0.39, 0.29) is 24.0 Å². The highest BCUT2D eigenvalue weighted by Gasteiger charge is 2.56. The van der Waals surface area contributed by atoms with Gasteiger partial charge in [0.1, 0.15) is 6.10 Å². The molecule has 1 aliphatic carbocycles. The van der Waals surface area contributed by atoms with Gasteiger partial charge in [-0.1, -0.05) is 19.1 Å². The minimum absolute atomic E-state index is 0.136. The quantitative estimate of drug-likeness (QED) is 0.782. The van der Waals surface area contributed by atoms with E-state index in [1.807, 2.05) is 18.2 Å². The Morgan fingerprint density at radius 1 is 1.32 bits per heavy atom. The van der Waals surface area contributed by atoms with Crippen LogP contribution in [0.25, 0.3) is 0 Å². The van der Waals surface area contributed by atoms with E-state index in [1.54, 1.807) is 18.6 Å². The van der Waals surface area contributed by atoms with Crippen LogP contribution >= 0.6 is 0 Å². The van der Waals surface area contributed by atoms with Gasteiger partial charge in [-0.25, -0.2) is 4.79 Å². The molecule has 1 fully saturated rings. The van der Waals surface area contributed by atoms with Crippen LogP contribution in [0.1, 0.15) is 52.9 Å². The standard InChI is InChI=1S/C20H20O5/c1-12-6-7-14-15(18(21)23-2)4-3-5-16(14)20(12)10-17(25-19(20)22)13-8-9-24-11-13/h3-5,8-9,11-12,17H,6-7,10H2,1-2H3/t12-,17+,20-/m1/s1. The van der Waals surface area contributed by atoms with E-state index in [0.717, 1.165) is 29.5 Å². The van der Waals surface area contributed by atoms with Crippen LogP contribution in [0.15, 0.2) is 41.2 Å². The van der Waals surface area contributed by atoms with E-state index in [9.17, 15) is 9.59 Å². The Bertz CT molecular complexity index is 823. The third-order valence-corrected chi connectivity index (χ3v) is 5.77. The molecule has 3 atom stereocenters. The Morgan fingerprint density at radius 3 is 2.88 bits per heavy atom. The molecule has 0 radical (unpaired) electrons. The zero-order valence-electron chi connectivity index (χ0n) is 14.3. The fourth-order valence-corrected chi connectivity index (χ4v) is 4.37. The topological polar surface area (TPSA) is 65.7 Å². The summed E-state index contributed by atoms with van der Waals surface area (Å²) in [5, 5.41) is 0. The number of hydrogen-bond donors (Lipinski definition) is 0. The Labute approximate surface area is 145 Å². The first-order chi connectivity index (χ1) is 12.1. The number of ether oxygens (including phenoxy) is 2. The number of carbonyl (C=O) groups excluding carboxylic acids is 2. The van der Waals surface area contributed by atoms with Crippen molar-refractivity contribution < 1.29 is 23.5 Å². The van der Waals surface area contributed by atoms with Crippen molar-refractivity contribution in [1.29, 1.82) is 0 Å². The van der Waals surface area contributed by atoms with Crippen LogP contribution in [-0.4, -0.2) is 19.0 Å². The van der Waals surface area contributed by atoms with Crippen molar-refractivity contribution in [3.63, 3.8) is 0 Å². The molecule has 1 aromatic heterocycles. The number of methoxy groups -OCH3 is 1. The molecule has 0 unspecified atom stereocenters. The van der Waals surface area contributed by atoms with Crippen LogP contribution in [-0.2, 0) is 26.1 Å². The third-order valence-electron chi connectivity index (χ3n) is 5.77. The van der Waals surface area contributed by atoms with E-state index < -0.39 is 5.41 Å². The molecule has 4 rings (SSSR count). The summed E-state index contributed by atoms with van der Waals surface area (Å²) >= 11 is 0. The van der Waals surface area contributed by atoms with Crippen molar-refractivity contribution in [2.75, 3.05) is 7.11 Å². The van der Waals surface area contributed by atoms with E-state index in [0.29, 0.717) is 12.0 Å². The lowest BCUT2D eigenvalue weighted by Gasteiger charge is -2.38. The van der Waals surface area contributed by atoms with Crippen molar-refractivity contribution in [2.45, 2.75) is 37.7 Å². The monoisotopic (exact) mass is 340 g/mol.